The van der Waals surface area contributed by atoms with E-state index in [0.29, 0.717) is 0 Å². The highest BCUT2D eigenvalue weighted by Crippen LogP contribution is 2.36. The minimum Gasteiger partial charge on any atom is -0.469 e. The fraction of sp³-hybridized carbons (Fsp3) is 0.444. The number of nitrogens with one attached hydrogen (secondary N) is 1. The second-order valence-corrected chi connectivity index (χ2v) is 3.35. The van der Waals surface area contributed by atoms with Crippen LogP contribution in [0.3, 0.4) is 0 Å². The number of pyridine rings is 1. The first-order valence-electron chi connectivity index (χ1n) is 4.69. The predicted octanol–water partition coefficient (Wildman–Crippen LogP) is 2.98. The molecule has 10 heteroatoms. The number of rotatable bonds is 4. The fourth-order valence-electron chi connectivity index (χ4n) is 0.967. The van der Waals surface area contributed by atoms with Crippen LogP contribution in [0.4, 0.5) is 36.6 Å². The molecular formula is C9H7F7N2O. The normalized spacial score (nSPS) is 12.4. The van der Waals surface area contributed by atoms with Gasteiger partial charge in [0.15, 0.2) is 24.1 Å². The van der Waals surface area contributed by atoms with E-state index in [2.05, 4.69) is 15.0 Å². The summed E-state index contributed by atoms with van der Waals surface area (Å²) < 4.78 is 90.5. The third kappa shape index (κ3) is 3.38. The van der Waals surface area contributed by atoms with Gasteiger partial charge in [-0.15, -0.1) is 0 Å². The second-order valence-electron chi connectivity index (χ2n) is 3.35. The molecule has 0 aromatic carbocycles. The van der Waals surface area contributed by atoms with Crippen LogP contribution >= 0.6 is 0 Å². The van der Waals surface area contributed by atoms with E-state index >= 15 is 0 Å². The maximum atomic E-state index is 13.1. The maximum Gasteiger partial charge on any atom is 0.456 e. The molecule has 0 fully saturated rings. The van der Waals surface area contributed by atoms with Crippen LogP contribution in [0.25, 0.3) is 0 Å². The lowest BCUT2D eigenvalue weighted by Gasteiger charge is -2.19. The molecule has 0 aliphatic rings. The Labute approximate surface area is 102 Å². The number of anilines is 1. The molecule has 0 atom stereocenters. The zero-order chi connectivity index (χ0) is 14.8. The van der Waals surface area contributed by atoms with E-state index in [1.165, 1.54) is 7.05 Å². The van der Waals surface area contributed by atoms with Crippen LogP contribution < -0.4 is 10.1 Å². The molecule has 0 bridgehead atoms. The summed E-state index contributed by atoms with van der Waals surface area (Å²) in [6.07, 6.45) is -5.84. The van der Waals surface area contributed by atoms with Gasteiger partial charge in [-0.05, 0) is 0 Å². The molecule has 0 spiro atoms. The third-order valence-corrected chi connectivity index (χ3v) is 1.94. The van der Waals surface area contributed by atoms with E-state index in [1.54, 1.807) is 0 Å². The van der Waals surface area contributed by atoms with Gasteiger partial charge in [0.25, 0.3) is 5.88 Å². The smallest absolute Gasteiger partial charge is 0.456 e. The topological polar surface area (TPSA) is 34.2 Å². The lowest BCUT2D eigenvalue weighted by molar-refractivity contribution is -0.290. The lowest BCUT2D eigenvalue weighted by atomic mass is 10.3. The first-order chi connectivity index (χ1) is 8.58. The summed E-state index contributed by atoms with van der Waals surface area (Å²) in [5.41, 5.74) is 0. The molecule has 0 unspecified atom stereocenters. The van der Waals surface area contributed by atoms with E-state index in [4.69, 9.17) is 0 Å². The van der Waals surface area contributed by atoms with Gasteiger partial charge in [0.1, 0.15) is 0 Å². The van der Waals surface area contributed by atoms with E-state index in [0.717, 1.165) is 0 Å². The van der Waals surface area contributed by atoms with Gasteiger partial charge in [-0.2, -0.15) is 26.9 Å². The van der Waals surface area contributed by atoms with Gasteiger partial charge >= 0.3 is 12.1 Å². The van der Waals surface area contributed by atoms with Crippen molar-refractivity contribution in [2.75, 3.05) is 19.0 Å². The van der Waals surface area contributed by atoms with Crippen molar-refractivity contribution in [2.45, 2.75) is 12.1 Å². The van der Waals surface area contributed by atoms with Crippen LogP contribution in [0, 0.1) is 11.6 Å². The first kappa shape index (κ1) is 15.3. The van der Waals surface area contributed by atoms with Gasteiger partial charge in [-0.3, -0.25) is 0 Å². The van der Waals surface area contributed by atoms with Crippen LogP contribution in [0.1, 0.15) is 0 Å². The average Bonchev–Trinajstić information content (AvgIpc) is 2.26. The van der Waals surface area contributed by atoms with Crippen molar-refractivity contribution >= 4 is 5.82 Å². The van der Waals surface area contributed by atoms with Crippen molar-refractivity contribution in [3.8, 4) is 5.88 Å². The molecule has 1 heterocycles. The standard InChI is InChI=1S/C9H7F7N2O/c1-17-6-4(10)2-5(11)7(18-6)19-3-8(12,13)9(14,15)16/h2H,3H2,1H3,(H,17,18). The van der Waals surface area contributed by atoms with Crippen LogP contribution in [-0.4, -0.2) is 30.7 Å². The van der Waals surface area contributed by atoms with Crippen LogP contribution in [0.15, 0.2) is 6.07 Å². The number of halogens is 7. The van der Waals surface area contributed by atoms with Crippen molar-refractivity contribution in [3.63, 3.8) is 0 Å². The number of aromatic nitrogens is 1. The largest absolute Gasteiger partial charge is 0.469 e. The molecule has 0 amide bonds. The summed E-state index contributed by atoms with van der Waals surface area (Å²) in [5, 5.41) is 2.15. The number of ether oxygens (including phenoxy) is 1. The molecule has 0 radical (unpaired) electrons. The number of nitrogens with zero attached hydrogens (tertiary/aromatic N) is 1. The van der Waals surface area contributed by atoms with Gasteiger partial charge in [0.2, 0.25) is 0 Å². The highest BCUT2D eigenvalue weighted by molar-refractivity contribution is 5.38. The highest BCUT2D eigenvalue weighted by Gasteiger charge is 2.58. The average molecular weight is 292 g/mol. The molecule has 1 aromatic rings. The molecule has 1 aromatic heterocycles. The summed E-state index contributed by atoms with van der Waals surface area (Å²) in [6.45, 7) is -2.16. The Morgan fingerprint density at radius 2 is 1.74 bits per heavy atom. The van der Waals surface area contributed by atoms with E-state index in [9.17, 15) is 30.7 Å². The summed E-state index contributed by atoms with van der Waals surface area (Å²) in [4.78, 5) is 3.09. The lowest BCUT2D eigenvalue weighted by Crippen LogP contribution is -2.42. The predicted molar refractivity (Wildman–Crippen MR) is 50.2 cm³/mol. The summed E-state index contributed by atoms with van der Waals surface area (Å²) >= 11 is 0. The first-order valence-corrected chi connectivity index (χ1v) is 4.69. The Bertz CT molecular complexity index is 461. The van der Waals surface area contributed by atoms with Crippen molar-refractivity contribution in [2.24, 2.45) is 0 Å². The van der Waals surface area contributed by atoms with Crippen molar-refractivity contribution < 1.29 is 35.5 Å². The fourth-order valence-corrected chi connectivity index (χ4v) is 0.967. The van der Waals surface area contributed by atoms with Gasteiger partial charge in [0.05, 0.1) is 0 Å². The van der Waals surface area contributed by atoms with Crippen LogP contribution in [0.2, 0.25) is 0 Å². The van der Waals surface area contributed by atoms with Gasteiger partial charge < -0.3 is 10.1 Å². The Hall–Kier alpha value is -1.74. The molecule has 1 N–H and O–H groups in total. The molecule has 0 aliphatic carbocycles. The molecule has 108 valence electrons. The number of hydrogen-bond donors (Lipinski definition) is 1. The Morgan fingerprint density at radius 3 is 2.21 bits per heavy atom. The van der Waals surface area contributed by atoms with Gasteiger partial charge in [0, 0.05) is 13.1 Å². The van der Waals surface area contributed by atoms with E-state index in [-0.39, 0.29) is 6.07 Å². The zero-order valence-corrected chi connectivity index (χ0v) is 9.29. The minimum absolute atomic E-state index is 0.250. The monoisotopic (exact) mass is 292 g/mol. The van der Waals surface area contributed by atoms with Gasteiger partial charge in [-0.25, -0.2) is 8.78 Å². The molecule has 0 saturated heterocycles. The van der Waals surface area contributed by atoms with Crippen molar-refractivity contribution in [1.29, 1.82) is 0 Å². The summed E-state index contributed by atoms with van der Waals surface area (Å²) in [5.74, 6) is -9.51. The van der Waals surface area contributed by atoms with Crippen LogP contribution in [0.5, 0.6) is 5.88 Å². The SMILES string of the molecule is CNc1nc(OCC(F)(F)C(F)(F)F)c(F)cc1F. The molecule has 3 nitrogen and oxygen atoms in total. The molecule has 1 rings (SSSR count). The Kier molecular flexibility index (Phi) is 4.11. The van der Waals surface area contributed by atoms with E-state index < -0.39 is 42.0 Å². The molecule has 0 aliphatic heterocycles. The molecule has 0 saturated carbocycles. The molecular weight excluding hydrogens is 285 g/mol. The van der Waals surface area contributed by atoms with Crippen molar-refractivity contribution in [1.82, 2.24) is 4.98 Å². The third-order valence-electron chi connectivity index (χ3n) is 1.94. The zero-order valence-electron chi connectivity index (χ0n) is 9.29. The molecule has 19 heavy (non-hydrogen) atoms. The highest BCUT2D eigenvalue weighted by atomic mass is 19.4. The van der Waals surface area contributed by atoms with Crippen molar-refractivity contribution in [3.05, 3.63) is 17.7 Å². The second kappa shape index (κ2) is 5.10. The summed E-state index contributed by atoms with van der Waals surface area (Å²) in [7, 11) is 1.19. The Morgan fingerprint density at radius 1 is 1.16 bits per heavy atom. The summed E-state index contributed by atoms with van der Waals surface area (Å²) in [6, 6.07) is 0.250. The minimum atomic E-state index is -5.84. The van der Waals surface area contributed by atoms with E-state index in [1.807, 2.05) is 0 Å². The maximum absolute atomic E-state index is 13.1. The van der Waals surface area contributed by atoms with Gasteiger partial charge in [-0.1, -0.05) is 0 Å². The Balaban J connectivity index is 2.90. The quantitative estimate of drug-likeness (QED) is 0.866. The number of hydrogen-bond acceptors (Lipinski definition) is 3. The van der Waals surface area contributed by atoms with Crippen LogP contribution in [-0.2, 0) is 0 Å². The number of alkyl halides is 5.